The fraction of sp³-hybridized carbons (Fsp3) is 0.611. The van der Waals surface area contributed by atoms with Crippen LogP contribution in [0.25, 0.3) is 0 Å². The number of hydrogen-bond donors (Lipinski definition) is 1. The summed E-state index contributed by atoms with van der Waals surface area (Å²) < 4.78 is 22.3. The number of nitrogens with one attached hydrogen (secondary N) is 1. The van der Waals surface area contributed by atoms with Crippen molar-refractivity contribution in [2.75, 3.05) is 33.0 Å². The lowest BCUT2D eigenvalue weighted by molar-refractivity contribution is -0.128. The van der Waals surface area contributed by atoms with Crippen LogP contribution in [0.2, 0.25) is 0 Å². The van der Waals surface area contributed by atoms with E-state index in [2.05, 4.69) is 5.32 Å². The Hall–Kier alpha value is -1.79. The van der Waals surface area contributed by atoms with Crippen molar-refractivity contribution < 1.29 is 23.7 Å². The molecule has 6 heteroatoms. The van der Waals surface area contributed by atoms with Gasteiger partial charge in [0.25, 0.3) is 0 Å². The van der Waals surface area contributed by atoms with Crippen molar-refractivity contribution in [1.29, 1.82) is 0 Å². The first-order valence-electron chi connectivity index (χ1n) is 8.66. The summed E-state index contributed by atoms with van der Waals surface area (Å²) >= 11 is 0. The third-order valence-electron chi connectivity index (χ3n) is 4.11. The Morgan fingerprint density at radius 1 is 1.12 bits per heavy atom. The summed E-state index contributed by atoms with van der Waals surface area (Å²) in [7, 11) is 0. The second-order valence-corrected chi connectivity index (χ2v) is 6.11. The Bertz CT molecular complexity index is 542. The van der Waals surface area contributed by atoms with Gasteiger partial charge in [-0.1, -0.05) is 6.07 Å². The van der Waals surface area contributed by atoms with Crippen LogP contribution in [0.15, 0.2) is 18.2 Å². The minimum absolute atomic E-state index is 0.0599. The first kappa shape index (κ1) is 17.0. The number of fused-ring (bicyclic) bond motifs is 1. The maximum absolute atomic E-state index is 11.9. The molecule has 0 bridgehead atoms. The first-order valence-corrected chi connectivity index (χ1v) is 8.66. The predicted molar refractivity (Wildman–Crippen MR) is 88.3 cm³/mol. The minimum atomic E-state index is -0.127. The summed E-state index contributed by atoms with van der Waals surface area (Å²) in [6, 6.07) is 5.74. The normalized spacial score (nSPS) is 20.2. The topological polar surface area (TPSA) is 66.0 Å². The zero-order valence-corrected chi connectivity index (χ0v) is 13.9. The maximum atomic E-state index is 11.9. The summed E-state index contributed by atoms with van der Waals surface area (Å²) in [6.07, 6.45) is 4.31. The van der Waals surface area contributed by atoms with Crippen molar-refractivity contribution >= 4 is 5.91 Å². The molecule has 2 heterocycles. The van der Waals surface area contributed by atoms with E-state index in [4.69, 9.17) is 18.9 Å². The SMILES string of the molecule is O=C(COC[C@@H]1CCCCO1)NCc1ccc2c(c1)OCCCO2. The van der Waals surface area contributed by atoms with E-state index in [9.17, 15) is 4.79 Å². The lowest BCUT2D eigenvalue weighted by Crippen LogP contribution is -2.30. The van der Waals surface area contributed by atoms with Crippen LogP contribution in [0.1, 0.15) is 31.2 Å². The molecule has 0 radical (unpaired) electrons. The molecule has 1 amide bonds. The molecule has 0 aromatic heterocycles. The third-order valence-corrected chi connectivity index (χ3v) is 4.11. The smallest absolute Gasteiger partial charge is 0.246 e. The zero-order valence-electron chi connectivity index (χ0n) is 13.9. The molecule has 0 spiro atoms. The number of amides is 1. The minimum Gasteiger partial charge on any atom is -0.490 e. The predicted octanol–water partition coefficient (Wildman–Crippen LogP) is 2.05. The number of ether oxygens (including phenoxy) is 4. The third kappa shape index (κ3) is 5.11. The highest BCUT2D eigenvalue weighted by molar-refractivity contribution is 5.77. The Kier molecular flexibility index (Phi) is 6.32. The van der Waals surface area contributed by atoms with E-state index in [1.54, 1.807) is 0 Å². The zero-order chi connectivity index (χ0) is 16.6. The van der Waals surface area contributed by atoms with Crippen LogP contribution in [0, 0.1) is 0 Å². The molecule has 2 aliphatic rings. The number of hydrogen-bond acceptors (Lipinski definition) is 5. The first-order chi connectivity index (χ1) is 11.8. The van der Waals surface area contributed by atoms with Crippen molar-refractivity contribution in [3.8, 4) is 11.5 Å². The highest BCUT2D eigenvalue weighted by Crippen LogP contribution is 2.30. The van der Waals surface area contributed by atoms with Gasteiger partial charge in [0.2, 0.25) is 5.91 Å². The summed E-state index contributed by atoms with van der Waals surface area (Å²) in [5, 5.41) is 2.86. The summed E-state index contributed by atoms with van der Waals surface area (Å²) in [5.41, 5.74) is 0.975. The van der Waals surface area contributed by atoms with Crippen molar-refractivity contribution in [2.24, 2.45) is 0 Å². The van der Waals surface area contributed by atoms with E-state index >= 15 is 0 Å². The van der Waals surface area contributed by atoms with Crippen LogP contribution in [-0.2, 0) is 20.8 Å². The van der Waals surface area contributed by atoms with Crippen LogP contribution in [0.3, 0.4) is 0 Å². The summed E-state index contributed by atoms with van der Waals surface area (Å²) in [6.45, 7) is 3.11. The quantitative estimate of drug-likeness (QED) is 0.862. The standard InChI is InChI=1S/C18H25NO5/c20-18(13-21-12-15-4-1-2-7-22-15)19-11-14-5-6-16-17(10-14)24-9-3-8-23-16/h5-6,10,15H,1-4,7-9,11-13H2,(H,19,20)/t15-/m0/s1. The average Bonchev–Trinajstić information content (AvgIpc) is 2.86. The van der Waals surface area contributed by atoms with Gasteiger partial charge in [-0.3, -0.25) is 4.79 Å². The molecule has 24 heavy (non-hydrogen) atoms. The molecule has 2 aliphatic heterocycles. The van der Waals surface area contributed by atoms with Gasteiger partial charge in [0, 0.05) is 19.6 Å². The molecule has 1 atom stereocenters. The van der Waals surface area contributed by atoms with Gasteiger partial charge in [-0.2, -0.15) is 0 Å². The van der Waals surface area contributed by atoms with Gasteiger partial charge in [-0.05, 0) is 37.0 Å². The number of rotatable bonds is 6. The highest BCUT2D eigenvalue weighted by Gasteiger charge is 2.15. The molecule has 3 rings (SSSR count). The molecular weight excluding hydrogens is 310 g/mol. The number of carbonyl (C=O) groups is 1. The molecule has 0 saturated carbocycles. The van der Waals surface area contributed by atoms with E-state index in [0.29, 0.717) is 26.4 Å². The lowest BCUT2D eigenvalue weighted by Gasteiger charge is -2.22. The number of benzene rings is 1. The average molecular weight is 335 g/mol. The molecular formula is C18H25NO5. The van der Waals surface area contributed by atoms with E-state index in [0.717, 1.165) is 42.9 Å². The fourth-order valence-electron chi connectivity index (χ4n) is 2.79. The molecule has 1 aromatic carbocycles. The maximum Gasteiger partial charge on any atom is 0.246 e. The van der Waals surface area contributed by atoms with Crippen LogP contribution in [0.5, 0.6) is 11.5 Å². The fourth-order valence-corrected chi connectivity index (χ4v) is 2.79. The Morgan fingerprint density at radius 3 is 2.83 bits per heavy atom. The molecule has 0 aliphatic carbocycles. The number of carbonyl (C=O) groups excluding carboxylic acids is 1. The summed E-state index contributed by atoms with van der Waals surface area (Å²) in [5.74, 6) is 1.38. The highest BCUT2D eigenvalue weighted by atomic mass is 16.5. The second kappa shape index (κ2) is 8.89. The van der Waals surface area contributed by atoms with E-state index in [-0.39, 0.29) is 18.6 Å². The van der Waals surface area contributed by atoms with E-state index in [1.807, 2.05) is 18.2 Å². The van der Waals surface area contributed by atoms with Gasteiger partial charge in [-0.25, -0.2) is 0 Å². The molecule has 132 valence electrons. The van der Waals surface area contributed by atoms with Gasteiger partial charge in [0.1, 0.15) is 6.61 Å². The van der Waals surface area contributed by atoms with Gasteiger partial charge < -0.3 is 24.3 Å². The molecule has 1 aromatic rings. The van der Waals surface area contributed by atoms with Crippen LogP contribution in [0.4, 0.5) is 0 Å². The van der Waals surface area contributed by atoms with Crippen LogP contribution in [-0.4, -0.2) is 45.0 Å². The van der Waals surface area contributed by atoms with Crippen molar-refractivity contribution in [2.45, 2.75) is 38.3 Å². The van der Waals surface area contributed by atoms with Crippen LogP contribution < -0.4 is 14.8 Å². The van der Waals surface area contributed by atoms with Gasteiger partial charge >= 0.3 is 0 Å². The monoisotopic (exact) mass is 335 g/mol. The molecule has 0 unspecified atom stereocenters. The molecule has 1 fully saturated rings. The molecule has 6 nitrogen and oxygen atoms in total. The van der Waals surface area contributed by atoms with E-state index in [1.165, 1.54) is 6.42 Å². The lowest BCUT2D eigenvalue weighted by atomic mass is 10.1. The van der Waals surface area contributed by atoms with Gasteiger partial charge in [-0.15, -0.1) is 0 Å². The van der Waals surface area contributed by atoms with Gasteiger partial charge in [0.15, 0.2) is 11.5 Å². The van der Waals surface area contributed by atoms with Crippen molar-refractivity contribution in [3.05, 3.63) is 23.8 Å². The Labute approximate surface area is 142 Å². The Morgan fingerprint density at radius 2 is 2.00 bits per heavy atom. The van der Waals surface area contributed by atoms with Crippen LogP contribution >= 0.6 is 0 Å². The van der Waals surface area contributed by atoms with Crippen molar-refractivity contribution in [1.82, 2.24) is 5.32 Å². The van der Waals surface area contributed by atoms with Gasteiger partial charge in [0.05, 0.1) is 25.9 Å². The largest absolute Gasteiger partial charge is 0.490 e. The molecule has 1 saturated heterocycles. The summed E-state index contributed by atoms with van der Waals surface area (Å²) in [4.78, 5) is 11.9. The molecule has 1 N–H and O–H groups in total. The Balaban J connectivity index is 1.38. The van der Waals surface area contributed by atoms with Crippen molar-refractivity contribution in [3.63, 3.8) is 0 Å². The van der Waals surface area contributed by atoms with E-state index < -0.39 is 0 Å². The second-order valence-electron chi connectivity index (χ2n) is 6.11.